The number of amides is 1. The summed E-state index contributed by atoms with van der Waals surface area (Å²) in [5, 5.41) is 8.02. The molecule has 0 aliphatic carbocycles. The van der Waals surface area contributed by atoms with Gasteiger partial charge >= 0.3 is 0 Å². The Kier molecular flexibility index (Phi) is 4.87. The smallest absolute Gasteiger partial charge is 0.259 e. The van der Waals surface area contributed by atoms with E-state index in [0.29, 0.717) is 16.9 Å². The largest absolute Gasteiger partial charge is 0.302 e. The number of pyridine rings is 1. The summed E-state index contributed by atoms with van der Waals surface area (Å²) in [6, 6.07) is 7.69. The minimum absolute atomic E-state index is 0.200. The summed E-state index contributed by atoms with van der Waals surface area (Å²) >= 11 is 1.53. The van der Waals surface area contributed by atoms with Crippen molar-refractivity contribution < 1.29 is 9.18 Å². The standard InChI is InChI=1S/C21H20FN5OS/c1-12-9-18(19-13(2)25-26(4)20(19)23-12)21(28)27(10-16-11-29-14(3)24-16)17-7-5-15(22)6-8-17/h5-9,11H,10H2,1-4H3. The number of nitrogens with zero attached hydrogens (tertiary/aromatic N) is 5. The fourth-order valence-corrected chi connectivity index (χ4v) is 4.03. The fourth-order valence-electron chi connectivity index (χ4n) is 3.43. The molecule has 1 aromatic carbocycles. The summed E-state index contributed by atoms with van der Waals surface area (Å²) in [7, 11) is 1.81. The Morgan fingerprint density at radius 1 is 1.17 bits per heavy atom. The lowest BCUT2D eigenvalue weighted by atomic mass is 10.1. The zero-order chi connectivity index (χ0) is 20.7. The number of halogens is 1. The molecule has 0 aliphatic rings. The third-order valence-corrected chi connectivity index (χ3v) is 5.52. The summed E-state index contributed by atoms with van der Waals surface area (Å²) < 4.78 is 15.2. The maximum Gasteiger partial charge on any atom is 0.259 e. The molecule has 0 spiro atoms. The molecular weight excluding hydrogens is 389 g/mol. The van der Waals surface area contributed by atoms with E-state index in [1.54, 1.807) is 27.8 Å². The third kappa shape index (κ3) is 3.63. The zero-order valence-corrected chi connectivity index (χ0v) is 17.4. The molecule has 1 amide bonds. The van der Waals surface area contributed by atoms with Gasteiger partial charge in [0.2, 0.25) is 0 Å². The average Bonchev–Trinajstić information content (AvgIpc) is 3.22. The maximum atomic E-state index is 13.7. The second-order valence-corrected chi connectivity index (χ2v) is 8.01. The molecule has 3 heterocycles. The van der Waals surface area contributed by atoms with Gasteiger partial charge in [-0.2, -0.15) is 5.10 Å². The number of carbonyl (C=O) groups excluding carboxylic acids is 1. The Hall–Kier alpha value is -3.13. The molecule has 0 atom stereocenters. The highest BCUT2D eigenvalue weighted by Gasteiger charge is 2.24. The van der Waals surface area contributed by atoms with E-state index in [2.05, 4.69) is 15.1 Å². The maximum absolute atomic E-state index is 13.7. The van der Waals surface area contributed by atoms with Crippen LogP contribution >= 0.6 is 11.3 Å². The predicted octanol–water partition coefficient (Wildman–Crippen LogP) is 4.34. The summed E-state index contributed by atoms with van der Waals surface area (Å²) in [6.07, 6.45) is 0. The van der Waals surface area contributed by atoms with Gasteiger partial charge in [0.05, 0.1) is 33.9 Å². The van der Waals surface area contributed by atoms with Crippen molar-refractivity contribution in [2.45, 2.75) is 27.3 Å². The van der Waals surface area contributed by atoms with Crippen LogP contribution in [0.3, 0.4) is 0 Å². The van der Waals surface area contributed by atoms with E-state index in [0.717, 1.165) is 27.5 Å². The van der Waals surface area contributed by atoms with Gasteiger partial charge in [0.15, 0.2) is 5.65 Å². The van der Waals surface area contributed by atoms with Crippen LogP contribution in [-0.4, -0.2) is 25.7 Å². The summed E-state index contributed by atoms with van der Waals surface area (Å²) in [4.78, 5) is 24.4. The number of hydrogen-bond donors (Lipinski definition) is 0. The van der Waals surface area contributed by atoms with Crippen molar-refractivity contribution in [2.24, 2.45) is 7.05 Å². The minimum Gasteiger partial charge on any atom is -0.302 e. The normalized spacial score (nSPS) is 11.2. The molecule has 0 unspecified atom stereocenters. The second kappa shape index (κ2) is 7.36. The van der Waals surface area contributed by atoms with Crippen LogP contribution in [0.4, 0.5) is 10.1 Å². The zero-order valence-electron chi connectivity index (χ0n) is 16.6. The van der Waals surface area contributed by atoms with Crippen LogP contribution in [-0.2, 0) is 13.6 Å². The van der Waals surface area contributed by atoms with E-state index in [4.69, 9.17) is 0 Å². The number of rotatable bonds is 4. The number of anilines is 1. The Bertz CT molecular complexity index is 1210. The van der Waals surface area contributed by atoms with Crippen LogP contribution in [0.2, 0.25) is 0 Å². The van der Waals surface area contributed by atoms with E-state index in [1.165, 1.54) is 23.5 Å². The number of fused-ring (bicyclic) bond motifs is 1. The Morgan fingerprint density at radius 2 is 1.90 bits per heavy atom. The summed E-state index contributed by atoms with van der Waals surface area (Å²) in [5.41, 5.74) is 4.04. The van der Waals surface area contributed by atoms with Crippen LogP contribution in [0.25, 0.3) is 11.0 Å². The topological polar surface area (TPSA) is 63.9 Å². The molecule has 148 valence electrons. The number of benzene rings is 1. The van der Waals surface area contributed by atoms with E-state index >= 15 is 0 Å². The van der Waals surface area contributed by atoms with E-state index < -0.39 is 0 Å². The highest BCUT2D eigenvalue weighted by Crippen LogP contribution is 2.27. The number of carbonyl (C=O) groups is 1. The van der Waals surface area contributed by atoms with Crippen molar-refractivity contribution >= 4 is 34.0 Å². The van der Waals surface area contributed by atoms with Gasteiger partial charge in [-0.25, -0.2) is 14.4 Å². The van der Waals surface area contributed by atoms with Crippen molar-refractivity contribution in [1.29, 1.82) is 0 Å². The van der Waals surface area contributed by atoms with Crippen molar-refractivity contribution in [3.05, 3.63) is 69.2 Å². The van der Waals surface area contributed by atoms with E-state index in [9.17, 15) is 9.18 Å². The molecule has 0 aliphatic heterocycles. The molecule has 6 nitrogen and oxygen atoms in total. The fraction of sp³-hybridized carbons (Fsp3) is 0.238. The first-order valence-electron chi connectivity index (χ1n) is 9.13. The van der Waals surface area contributed by atoms with Crippen molar-refractivity contribution in [1.82, 2.24) is 19.7 Å². The Balaban J connectivity index is 1.85. The lowest BCUT2D eigenvalue weighted by Gasteiger charge is -2.23. The first-order valence-corrected chi connectivity index (χ1v) is 10.0. The molecule has 0 saturated carbocycles. The number of aryl methyl sites for hydroxylation is 4. The van der Waals surface area contributed by atoms with Gasteiger partial charge in [-0.05, 0) is 51.1 Å². The lowest BCUT2D eigenvalue weighted by Crippen LogP contribution is -2.31. The summed E-state index contributed by atoms with van der Waals surface area (Å²) in [6.45, 7) is 5.93. The highest BCUT2D eigenvalue weighted by atomic mass is 32.1. The first-order chi connectivity index (χ1) is 13.8. The van der Waals surface area contributed by atoms with E-state index in [-0.39, 0.29) is 18.3 Å². The SMILES string of the molecule is Cc1cc(C(=O)N(Cc2csc(C)n2)c2ccc(F)cc2)c2c(C)nn(C)c2n1. The molecule has 0 N–H and O–H groups in total. The third-order valence-electron chi connectivity index (χ3n) is 4.70. The van der Waals surface area contributed by atoms with Gasteiger partial charge in [-0.3, -0.25) is 9.48 Å². The van der Waals surface area contributed by atoms with Gasteiger partial charge in [-0.1, -0.05) is 0 Å². The molecular formula is C21H20FN5OS. The lowest BCUT2D eigenvalue weighted by molar-refractivity contribution is 0.0986. The second-order valence-electron chi connectivity index (χ2n) is 6.94. The molecule has 0 saturated heterocycles. The van der Waals surface area contributed by atoms with Crippen molar-refractivity contribution in [3.63, 3.8) is 0 Å². The van der Waals surface area contributed by atoms with Gasteiger partial charge in [0.25, 0.3) is 5.91 Å². The number of aromatic nitrogens is 4. The first kappa shape index (κ1) is 19.2. The quantitative estimate of drug-likeness (QED) is 0.503. The van der Waals surface area contributed by atoms with Crippen LogP contribution < -0.4 is 4.90 Å². The van der Waals surface area contributed by atoms with Crippen LogP contribution in [0.1, 0.15) is 32.4 Å². The summed E-state index contributed by atoms with van der Waals surface area (Å²) in [5.74, 6) is -0.551. The van der Waals surface area contributed by atoms with Gasteiger partial charge < -0.3 is 4.90 Å². The highest BCUT2D eigenvalue weighted by molar-refractivity contribution is 7.09. The molecule has 0 radical (unpaired) electrons. The number of hydrogen-bond acceptors (Lipinski definition) is 5. The molecule has 4 rings (SSSR count). The monoisotopic (exact) mass is 409 g/mol. The Labute approximate surface area is 171 Å². The number of thiazole rings is 1. The van der Waals surface area contributed by atoms with Crippen LogP contribution in [0, 0.1) is 26.6 Å². The minimum atomic E-state index is -0.351. The van der Waals surface area contributed by atoms with Gasteiger partial charge in [-0.15, -0.1) is 11.3 Å². The molecule has 8 heteroatoms. The van der Waals surface area contributed by atoms with Crippen molar-refractivity contribution in [3.8, 4) is 0 Å². The van der Waals surface area contributed by atoms with Crippen LogP contribution in [0.5, 0.6) is 0 Å². The molecule has 0 bridgehead atoms. The van der Waals surface area contributed by atoms with Crippen molar-refractivity contribution in [2.75, 3.05) is 4.90 Å². The molecule has 3 aromatic heterocycles. The molecule has 29 heavy (non-hydrogen) atoms. The Morgan fingerprint density at radius 3 is 2.55 bits per heavy atom. The van der Waals surface area contributed by atoms with Crippen LogP contribution in [0.15, 0.2) is 35.7 Å². The predicted molar refractivity (Wildman–Crippen MR) is 112 cm³/mol. The molecule has 0 fully saturated rings. The van der Waals surface area contributed by atoms with Gasteiger partial charge in [0, 0.05) is 23.8 Å². The average molecular weight is 409 g/mol. The van der Waals surface area contributed by atoms with Gasteiger partial charge in [0.1, 0.15) is 5.82 Å². The molecule has 4 aromatic rings. The van der Waals surface area contributed by atoms with E-state index in [1.807, 2.05) is 33.2 Å².